The van der Waals surface area contributed by atoms with E-state index >= 15 is 0 Å². The van der Waals surface area contributed by atoms with Crippen LogP contribution in [0.5, 0.6) is 0 Å². The number of hydrogen-bond donors (Lipinski definition) is 0. The molecule has 1 atom stereocenters. The summed E-state index contributed by atoms with van der Waals surface area (Å²) >= 11 is 0. The van der Waals surface area contributed by atoms with Crippen LogP contribution in [0.15, 0.2) is 24.3 Å². The fraction of sp³-hybridized carbons (Fsp3) is 0.526. The molecule has 1 unspecified atom stereocenters. The zero-order chi connectivity index (χ0) is 19.4. The number of likely N-dealkylation sites (tertiary alicyclic amines) is 1. The van der Waals surface area contributed by atoms with E-state index in [9.17, 15) is 14.9 Å². The van der Waals surface area contributed by atoms with Gasteiger partial charge in [-0.2, -0.15) is 0 Å². The molecule has 0 spiro atoms. The summed E-state index contributed by atoms with van der Waals surface area (Å²) in [6.45, 7) is 5.45. The van der Waals surface area contributed by atoms with Gasteiger partial charge in [0.2, 0.25) is 0 Å². The van der Waals surface area contributed by atoms with Crippen LogP contribution in [0.25, 0.3) is 5.69 Å². The van der Waals surface area contributed by atoms with Crippen molar-refractivity contribution in [1.29, 1.82) is 0 Å². The number of nitro benzene ring substituents is 1. The number of aromatic nitrogens is 3. The molecule has 8 heteroatoms. The van der Waals surface area contributed by atoms with E-state index in [1.807, 2.05) is 4.90 Å². The van der Waals surface area contributed by atoms with Crippen LogP contribution < -0.4 is 0 Å². The summed E-state index contributed by atoms with van der Waals surface area (Å²) in [5, 5.41) is 19.1. The van der Waals surface area contributed by atoms with E-state index in [0.29, 0.717) is 23.0 Å². The highest BCUT2D eigenvalue weighted by Crippen LogP contribution is 2.24. The van der Waals surface area contributed by atoms with Crippen LogP contribution >= 0.6 is 0 Å². The lowest BCUT2D eigenvalue weighted by molar-refractivity contribution is -0.384. The van der Waals surface area contributed by atoms with Gasteiger partial charge in [0.25, 0.3) is 11.6 Å². The number of nitro groups is 1. The highest BCUT2D eigenvalue weighted by atomic mass is 16.6. The van der Waals surface area contributed by atoms with Gasteiger partial charge < -0.3 is 4.90 Å². The summed E-state index contributed by atoms with van der Waals surface area (Å²) in [6, 6.07) is 6.16. The summed E-state index contributed by atoms with van der Waals surface area (Å²) in [7, 11) is 0. The Bertz CT molecular complexity index is 833. The molecule has 8 nitrogen and oxygen atoms in total. The number of benzene rings is 1. The summed E-state index contributed by atoms with van der Waals surface area (Å²) < 4.78 is 1.48. The molecule has 0 N–H and O–H groups in total. The molecule has 1 amide bonds. The lowest BCUT2D eigenvalue weighted by atomic mass is 9.96. The Balaban J connectivity index is 1.79. The highest BCUT2D eigenvalue weighted by Gasteiger charge is 2.26. The Kier molecular flexibility index (Phi) is 5.83. The Morgan fingerprint density at radius 1 is 1.33 bits per heavy atom. The maximum atomic E-state index is 13.0. The summed E-state index contributed by atoms with van der Waals surface area (Å²) in [4.78, 5) is 25.4. The van der Waals surface area contributed by atoms with E-state index in [0.717, 1.165) is 32.4 Å². The number of nitrogens with zero attached hydrogens (tertiary/aromatic N) is 5. The first-order valence-electron chi connectivity index (χ1n) is 9.47. The summed E-state index contributed by atoms with van der Waals surface area (Å²) in [6.07, 6.45) is 5.59. The lowest BCUT2D eigenvalue weighted by Crippen LogP contribution is -2.32. The zero-order valence-corrected chi connectivity index (χ0v) is 15.8. The molecule has 27 heavy (non-hydrogen) atoms. The van der Waals surface area contributed by atoms with Crippen molar-refractivity contribution in [3.63, 3.8) is 0 Å². The standard InChI is InChI=1S/C19H25N5O3/c1-3-6-15-7-5-11-22(12-10-15)19(25)18-14(2)23(21-20-18)16-8-4-9-17(13-16)24(26)27/h4,8-9,13,15H,3,5-7,10-12H2,1-2H3. The Labute approximate surface area is 158 Å². The fourth-order valence-electron chi connectivity index (χ4n) is 3.73. The van der Waals surface area contributed by atoms with E-state index in [1.165, 1.54) is 29.7 Å². The van der Waals surface area contributed by atoms with Crippen molar-refractivity contribution in [2.45, 2.75) is 46.0 Å². The largest absolute Gasteiger partial charge is 0.337 e. The lowest BCUT2D eigenvalue weighted by Gasteiger charge is -2.19. The van der Waals surface area contributed by atoms with Gasteiger partial charge in [-0.3, -0.25) is 14.9 Å². The first kappa shape index (κ1) is 19.0. The topological polar surface area (TPSA) is 94.2 Å². The van der Waals surface area contributed by atoms with Gasteiger partial charge >= 0.3 is 0 Å². The number of amides is 1. The summed E-state index contributed by atoms with van der Waals surface area (Å²) in [5.74, 6) is 0.579. The second-order valence-electron chi connectivity index (χ2n) is 7.09. The third kappa shape index (κ3) is 4.15. The van der Waals surface area contributed by atoms with Crippen molar-refractivity contribution in [3.05, 3.63) is 45.8 Å². The number of carbonyl (C=O) groups excluding carboxylic acids is 1. The van der Waals surface area contributed by atoms with E-state index in [1.54, 1.807) is 19.1 Å². The molecule has 1 aromatic carbocycles. The van der Waals surface area contributed by atoms with Crippen LogP contribution in [0.4, 0.5) is 5.69 Å². The number of rotatable bonds is 5. The van der Waals surface area contributed by atoms with Crippen molar-refractivity contribution in [1.82, 2.24) is 19.9 Å². The van der Waals surface area contributed by atoms with Gasteiger partial charge in [-0.1, -0.05) is 31.0 Å². The van der Waals surface area contributed by atoms with E-state index in [2.05, 4.69) is 17.2 Å². The van der Waals surface area contributed by atoms with Crippen LogP contribution in [0, 0.1) is 23.0 Å². The molecule has 1 saturated heterocycles. The molecule has 3 rings (SSSR count). The first-order chi connectivity index (χ1) is 13.0. The number of non-ortho nitro benzene ring substituents is 1. The predicted molar refractivity (Wildman–Crippen MR) is 101 cm³/mol. The molecule has 1 aromatic heterocycles. The Morgan fingerprint density at radius 2 is 2.15 bits per heavy atom. The summed E-state index contributed by atoms with van der Waals surface area (Å²) in [5.41, 5.74) is 1.40. The van der Waals surface area contributed by atoms with Crippen molar-refractivity contribution in [3.8, 4) is 5.69 Å². The third-order valence-corrected chi connectivity index (χ3v) is 5.21. The molecule has 0 bridgehead atoms. The predicted octanol–water partition coefficient (Wildman–Crippen LogP) is 3.53. The minimum atomic E-state index is -0.453. The van der Waals surface area contributed by atoms with Crippen LogP contribution in [0.1, 0.15) is 55.2 Å². The highest BCUT2D eigenvalue weighted by molar-refractivity contribution is 5.93. The molecular formula is C19H25N5O3. The third-order valence-electron chi connectivity index (χ3n) is 5.21. The molecule has 1 aliphatic rings. The van der Waals surface area contributed by atoms with Crippen LogP contribution in [0.2, 0.25) is 0 Å². The maximum Gasteiger partial charge on any atom is 0.276 e. The maximum absolute atomic E-state index is 13.0. The molecule has 1 aliphatic heterocycles. The van der Waals surface area contributed by atoms with Crippen molar-refractivity contribution in [2.75, 3.05) is 13.1 Å². The molecule has 0 radical (unpaired) electrons. The van der Waals surface area contributed by atoms with Crippen molar-refractivity contribution >= 4 is 11.6 Å². The van der Waals surface area contributed by atoms with Gasteiger partial charge in [-0.05, 0) is 38.2 Å². The number of carbonyl (C=O) groups is 1. The molecule has 2 aromatic rings. The normalized spacial score (nSPS) is 17.6. The van der Waals surface area contributed by atoms with Gasteiger partial charge in [-0.15, -0.1) is 5.10 Å². The van der Waals surface area contributed by atoms with Crippen LogP contribution in [0.3, 0.4) is 0 Å². The smallest absolute Gasteiger partial charge is 0.276 e. The van der Waals surface area contributed by atoms with Crippen LogP contribution in [-0.4, -0.2) is 43.8 Å². The van der Waals surface area contributed by atoms with E-state index in [4.69, 9.17) is 0 Å². The van der Waals surface area contributed by atoms with Gasteiger partial charge in [0, 0.05) is 25.2 Å². The second kappa shape index (κ2) is 8.28. The van der Waals surface area contributed by atoms with Gasteiger partial charge in [-0.25, -0.2) is 4.68 Å². The monoisotopic (exact) mass is 371 g/mol. The average Bonchev–Trinajstić information content (AvgIpc) is 2.89. The molecule has 0 aliphatic carbocycles. The Hall–Kier alpha value is -2.77. The van der Waals surface area contributed by atoms with Crippen molar-refractivity contribution < 1.29 is 9.72 Å². The minimum Gasteiger partial charge on any atom is -0.337 e. The van der Waals surface area contributed by atoms with E-state index in [-0.39, 0.29) is 11.6 Å². The SMILES string of the molecule is CCCC1CCCN(C(=O)c2nnn(-c3cccc([N+](=O)[O-])c3)c2C)CC1. The quantitative estimate of drug-likeness (QED) is 0.592. The fourth-order valence-corrected chi connectivity index (χ4v) is 3.73. The zero-order valence-electron chi connectivity index (χ0n) is 15.8. The molecule has 2 heterocycles. The van der Waals surface area contributed by atoms with Crippen molar-refractivity contribution in [2.24, 2.45) is 5.92 Å². The average molecular weight is 371 g/mol. The molecule has 0 saturated carbocycles. The minimum absolute atomic E-state index is 0.0234. The molecule has 144 valence electrons. The van der Waals surface area contributed by atoms with Gasteiger partial charge in [0.1, 0.15) is 0 Å². The van der Waals surface area contributed by atoms with E-state index < -0.39 is 4.92 Å². The van der Waals surface area contributed by atoms with Gasteiger partial charge in [0.05, 0.1) is 16.3 Å². The number of hydrogen-bond acceptors (Lipinski definition) is 5. The van der Waals surface area contributed by atoms with Crippen LogP contribution in [-0.2, 0) is 0 Å². The Morgan fingerprint density at radius 3 is 2.89 bits per heavy atom. The second-order valence-corrected chi connectivity index (χ2v) is 7.09. The molecule has 1 fully saturated rings. The molecular weight excluding hydrogens is 346 g/mol. The first-order valence-corrected chi connectivity index (χ1v) is 9.47. The van der Waals surface area contributed by atoms with Gasteiger partial charge in [0.15, 0.2) is 5.69 Å².